The highest BCUT2D eigenvalue weighted by molar-refractivity contribution is 14.1. The number of nitrogens with zero attached hydrogens (tertiary/aromatic N) is 2. The van der Waals surface area contributed by atoms with Gasteiger partial charge in [-0.05, 0) is 46.9 Å². The molecule has 0 radical (unpaired) electrons. The van der Waals surface area contributed by atoms with Gasteiger partial charge in [0.25, 0.3) is 5.91 Å². The molecule has 21 heavy (non-hydrogen) atoms. The minimum Gasteiger partial charge on any atom is -0.403 e. The molecule has 5 nitrogen and oxygen atoms in total. The summed E-state index contributed by atoms with van der Waals surface area (Å²) in [6.45, 7) is 0. The van der Waals surface area contributed by atoms with Gasteiger partial charge in [-0.3, -0.25) is 10.1 Å². The quantitative estimate of drug-likeness (QED) is 0.693. The summed E-state index contributed by atoms with van der Waals surface area (Å²) in [6.07, 6.45) is 0. The van der Waals surface area contributed by atoms with E-state index in [0.29, 0.717) is 11.5 Å². The lowest BCUT2D eigenvalue weighted by Gasteiger charge is -2.02. The van der Waals surface area contributed by atoms with Crippen molar-refractivity contribution >= 4 is 34.5 Å². The Balaban J connectivity index is 1.79. The van der Waals surface area contributed by atoms with E-state index in [2.05, 4.69) is 38.1 Å². The van der Waals surface area contributed by atoms with Crippen LogP contribution in [0.5, 0.6) is 0 Å². The van der Waals surface area contributed by atoms with Gasteiger partial charge in [-0.25, -0.2) is 0 Å². The molecule has 0 aliphatic rings. The number of hydrogen-bond acceptors (Lipinski definition) is 4. The Morgan fingerprint density at radius 2 is 1.71 bits per heavy atom. The summed E-state index contributed by atoms with van der Waals surface area (Å²) in [4.78, 5) is 12.1. The molecule has 1 amide bonds. The molecular formula is C15H10IN3O2. The topological polar surface area (TPSA) is 68.0 Å². The fourth-order valence-electron chi connectivity index (χ4n) is 1.78. The SMILES string of the molecule is O=C(Nc1nnc(-c2ccccc2)o1)c1ccccc1I. The Morgan fingerprint density at radius 1 is 1.00 bits per heavy atom. The van der Waals surface area contributed by atoms with Gasteiger partial charge in [-0.2, -0.15) is 0 Å². The average Bonchev–Trinajstić information content (AvgIpc) is 2.97. The van der Waals surface area contributed by atoms with Crippen LogP contribution in [0.25, 0.3) is 11.5 Å². The number of aromatic nitrogens is 2. The second kappa shape index (κ2) is 6.04. The smallest absolute Gasteiger partial charge is 0.322 e. The lowest BCUT2D eigenvalue weighted by molar-refractivity contribution is 0.102. The van der Waals surface area contributed by atoms with Crippen molar-refractivity contribution in [3.63, 3.8) is 0 Å². The second-order valence-corrected chi connectivity index (χ2v) is 5.37. The number of carbonyl (C=O) groups excluding carboxylic acids is 1. The summed E-state index contributed by atoms with van der Waals surface area (Å²) in [5, 5.41) is 10.4. The van der Waals surface area contributed by atoms with Crippen molar-refractivity contribution in [3.05, 3.63) is 63.7 Å². The van der Waals surface area contributed by atoms with E-state index in [1.165, 1.54) is 0 Å². The van der Waals surface area contributed by atoms with E-state index >= 15 is 0 Å². The van der Waals surface area contributed by atoms with Crippen LogP contribution in [0.2, 0.25) is 0 Å². The van der Waals surface area contributed by atoms with Crippen LogP contribution in [0, 0.1) is 3.57 Å². The normalized spacial score (nSPS) is 10.3. The zero-order chi connectivity index (χ0) is 14.7. The molecule has 0 saturated carbocycles. The van der Waals surface area contributed by atoms with Crippen LogP contribution in [0.4, 0.5) is 6.01 Å². The molecule has 1 heterocycles. The Morgan fingerprint density at radius 3 is 2.48 bits per heavy atom. The number of hydrogen-bond donors (Lipinski definition) is 1. The third kappa shape index (κ3) is 3.10. The summed E-state index contributed by atoms with van der Waals surface area (Å²) in [5.74, 6) is 0.0944. The summed E-state index contributed by atoms with van der Waals surface area (Å²) in [7, 11) is 0. The van der Waals surface area contributed by atoms with Crippen LogP contribution in [-0.4, -0.2) is 16.1 Å². The van der Waals surface area contributed by atoms with Crippen molar-refractivity contribution in [1.29, 1.82) is 0 Å². The summed E-state index contributed by atoms with van der Waals surface area (Å²) >= 11 is 2.11. The first-order chi connectivity index (χ1) is 10.2. The maximum Gasteiger partial charge on any atom is 0.322 e. The molecule has 0 atom stereocenters. The monoisotopic (exact) mass is 391 g/mol. The molecule has 2 aromatic carbocycles. The van der Waals surface area contributed by atoms with Crippen molar-refractivity contribution in [2.45, 2.75) is 0 Å². The minimum atomic E-state index is -0.275. The summed E-state index contributed by atoms with van der Waals surface area (Å²) in [5.41, 5.74) is 1.37. The second-order valence-electron chi connectivity index (χ2n) is 4.21. The number of nitrogens with one attached hydrogen (secondary N) is 1. The Hall–Kier alpha value is -2.22. The van der Waals surface area contributed by atoms with Crippen molar-refractivity contribution in [2.75, 3.05) is 5.32 Å². The van der Waals surface area contributed by atoms with E-state index in [9.17, 15) is 4.79 Å². The van der Waals surface area contributed by atoms with Crippen molar-refractivity contribution < 1.29 is 9.21 Å². The standard InChI is InChI=1S/C15H10IN3O2/c16-12-9-5-4-8-11(12)13(20)17-15-19-18-14(21-15)10-6-2-1-3-7-10/h1-9H,(H,17,19,20). The van der Waals surface area contributed by atoms with Gasteiger partial charge in [0, 0.05) is 9.13 Å². The highest BCUT2D eigenvalue weighted by Crippen LogP contribution is 2.20. The van der Waals surface area contributed by atoms with Crippen LogP contribution >= 0.6 is 22.6 Å². The van der Waals surface area contributed by atoms with Crippen molar-refractivity contribution in [3.8, 4) is 11.5 Å². The fourth-order valence-corrected chi connectivity index (χ4v) is 2.41. The van der Waals surface area contributed by atoms with Gasteiger partial charge in [-0.1, -0.05) is 35.4 Å². The first-order valence-corrected chi connectivity index (χ1v) is 7.27. The van der Waals surface area contributed by atoms with E-state index < -0.39 is 0 Å². The van der Waals surface area contributed by atoms with E-state index in [1.807, 2.05) is 42.5 Å². The first kappa shape index (κ1) is 13.7. The lowest BCUT2D eigenvalue weighted by Crippen LogP contribution is -2.13. The molecule has 104 valence electrons. The molecule has 3 rings (SSSR count). The van der Waals surface area contributed by atoms with Gasteiger partial charge in [0.2, 0.25) is 5.89 Å². The van der Waals surface area contributed by atoms with E-state index in [-0.39, 0.29) is 11.9 Å². The van der Waals surface area contributed by atoms with Crippen LogP contribution < -0.4 is 5.32 Å². The number of carbonyl (C=O) groups is 1. The molecule has 0 unspecified atom stereocenters. The van der Waals surface area contributed by atoms with Gasteiger partial charge in [0.05, 0.1) is 5.56 Å². The first-order valence-electron chi connectivity index (χ1n) is 6.19. The Bertz CT molecular complexity index is 771. The maximum atomic E-state index is 12.1. The molecule has 1 aromatic heterocycles. The molecule has 3 aromatic rings. The van der Waals surface area contributed by atoms with Gasteiger partial charge in [0.15, 0.2) is 0 Å². The van der Waals surface area contributed by atoms with Crippen molar-refractivity contribution in [2.24, 2.45) is 0 Å². The predicted octanol–water partition coefficient (Wildman–Crippen LogP) is 3.59. The highest BCUT2D eigenvalue weighted by Gasteiger charge is 2.14. The number of halogens is 1. The minimum absolute atomic E-state index is 0.0820. The van der Waals surface area contributed by atoms with Crippen molar-refractivity contribution in [1.82, 2.24) is 10.2 Å². The summed E-state index contributed by atoms with van der Waals surface area (Å²) < 4.78 is 6.30. The van der Waals surface area contributed by atoms with Gasteiger partial charge in [0.1, 0.15) is 0 Å². The third-order valence-electron chi connectivity index (χ3n) is 2.78. The van der Waals surface area contributed by atoms with E-state index in [4.69, 9.17) is 4.42 Å². The lowest BCUT2D eigenvalue weighted by atomic mass is 10.2. The van der Waals surface area contributed by atoms with E-state index in [0.717, 1.165) is 9.13 Å². The largest absolute Gasteiger partial charge is 0.403 e. The maximum absolute atomic E-state index is 12.1. The molecule has 6 heteroatoms. The van der Waals surface area contributed by atoms with Gasteiger partial charge < -0.3 is 4.42 Å². The molecule has 0 saturated heterocycles. The average molecular weight is 391 g/mol. The van der Waals surface area contributed by atoms with Crippen LogP contribution in [0.3, 0.4) is 0 Å². The van der Waals surface area contributed by atoms with Gasteiger partial charge in [-0.15, -0.1) is 5.10 Å². The number of rotatable bonds is 3. The fraction of sp³-hybridized carbons (Fsp3) is 0. The number of amides is 1. The Kier molecular flexibility index (Phi) is 3.96. The zero-order valence-corrected chi connectivity index (χ0v) is 12.9. The molecule has 0 aliphatic carbocycles. The van der Waals surface area contributed by atoms with Crippen LogP contribution in [-0.2, 0) is 0 Å². The number of benzene rings is 2. The van der Waals surface area contributed by atoms with Crippen LogP contribution in [0.1, 0.15) is 10.4 Å². The Labute approximate surface area is 134 Å². The van der Waals surface area contributed by atoms with Gasteiger partial charge >= 0.3 is 6.01 Å². The molecule has 1 N–H and O–H groups in total. The summed E-state index contributed by atoms with van der Waals surface area (Å²) in [6, 6.07) is 16.7. The predicted molar refractivity (Wildman–Crippen MR) is 86.8 cm³/mol. The highest BCUT2D eigenvalue weighted by atomic mass is 127. The molecule has 0 bridgehead atoms. The van der Waals surface area contributed by atoms with E-state index in [1.54, 1.807) is 12.1 Å². The van der Waals surface area contributed by atoms with Crippen LogP contribution in [0.15, 0.2) is 59.0 Å². The number of anilines is 1. The molecular weight excluding hydrogens is 381 g/mol. The third-order valence-corrected chi connectivity index (χ3v) is 3.73. The molecule has 0 fully saturated rings. The molecule has 0 spiro atoms. The molecule has 0 aliphatic heterocycles. The zero-order valence-electron chi connectivity index (χ0n) is 10.8.